The summed E-state index contributed by atoms with van der Waals surface area (Å²) in [6.45, 7) is 3.49. The fourth-order valence-corrected chi connectivity index (χ4v) is 1.86. The van der Waals surface area contributed by atoms with Gasteiger partial charge in [-0.15, -0.1) is 0 Å². The van der Waals surface area contributed by atoms with Gasteiger partial charge < -0.3 is 15.6 Å². The Morgan fingerprint density at radius 1 is 1.33 bits per heavy atom. The first kappa shape index (κ1) is 17.3. The summed E-state index contributed by atoms with van der Waals surface area (Å²) in [6, 6.07) is 0. The quantitative estimate of drug-likeness (QED) is 0.498. The fraction of sp³-hybridized carbons (Fsp3) is 0.667. The third-order valence-electron chi connectivity index (χ3n) is 2.92. The van der Waals surface area contributed by atoms with Gasteiger partial charge in [0.05, 0.1) is 0 Å². The Hall–Kier alpha value is -0.720. The van der Waals surface area contributed by atoms with E-state index in [1.54, 1.807) is 13.8 Å². The Bertz CT molecular complexity index is 357. The minimum Gasteiger partial charge on any atom is -0.480 e. The second-order valence-electron chi connectivity index (χ2n) is 4.53. The van der Waals surface area contributed by atoms with Crippen LogP contribution in [0.25, 0.3) is 0 Å². The first-order chi connectivity index (χ1) is 8.24. The Morgan fingerprint density at radius 3 is 2.17 bits per heavy atom. The standard InChI is InChI=1S/C12H19NO3S2/c1-8(17)3-4-10(7-14)12(13,11(15)16)6-5-9(2)18/h7,10H,3-6,13H2,1-2H3,(H,15,16). The second kappa shape index (κ2) is 7.66. The summed E-state index contributed by atoms with van der Waals surface area (Å²) in [5.41, 5.74) is 4.33. The van der Waals surface area contributed by atoms with Crippen LogP contribution < -0.4 is 5.73 Å². The third-order valence-corrected chi connectivity index (χ3v) is 3.33. The molecule has 0 aromatic heterocycles. The molecule has 0 aliphatic rings. The molecule has 0 heterocycles. The van der Waals surface area contributed by atoms with Crippen molar-refractivity contribution >= 4 is 46.4 Å². The van der Waals surface area contributed by atoms with Gasteiger partial charge in [-0.3, -0.25) is 4.79 Å². The molecule has 0 aromatic carbocycles. The van der Waals surface area contributed by atoms with E-state index >= 15 is 0 Å². The zero-order valence-corrected chi connectivity index (χ0v) is 12.3. The van der Waals surface area contributed by atoms with Crippen LogP contribution in [0.5, 0.6) is 0 Å². The van der Waals surface area contributed by atoms with Gasteiger partial charge in [-0.25, -0.2) is 0 Å². The fourth-order valence-electron chi connectivity index (χ4n) is 1.64. The SMILES string of the molecule is CC(=S)CCC(C=O)C(N)(CCC(C)=S)C(=O)O. The van der Waals surface area contributed by atoms with Gasteiger partial charge in [0.25, 0.3) is 0 Å². The number of hydrogen-bond donors (Lipinski definition) is 2. The third kappa shape index (κ3) is 5.29. The van der Waals surface area contributed by atoms with E-state index in [1.807, 2.05) is 0 Å². The van der Waals surface area contributed by atoms with Crippen molar-refractivity contribution in [2.75, 3.05) is 0 Å². The molecule has 0 radical (unpaired) electrons. The van der Waals surface area contributed by atoms with Crippen molar-refractivity contribution in [3.05, 3.63) is 0 Å². The zero-order valence-electron chi connectivity index (χ0n) is 10.6. The van der Waals surface area contributed by atoms with Crippen molar-refractivity contribution in [3.63, 3.8) is 0 Å². The molecule has 0 fully saturated rings. The van der Waals surface area contributed by atoms with Crippen LogP contribution in [0.4, 0.5) is 0 Å². The minimum absolute atomic E-state index is 0.164. The number of thiocarbonyl (C=S) groups is 2. The van der Waals surface area contributed by atoms with Gasteiger partial charge in [0.1, 0.15) is 11.8 Å². The second-order valence-corrected chi connectivity index (χ2v) is 5.92. The number of rotatable bonds is 9. The number of carboxylic acids is 1. The molecule has 18 heavy (non-hydrogen) atoms. The molecule has 0 rings (SSSR count). The molecule has 0 spiro atoms. The van der Waals surface area contributed by atoms with Crippen LogP contribution in [0.3, 0.4) is 0 Å². The molecule has 0 aliphatic heterocycles. The lowest BCUT2D eigenvalue weighted by atomic mass is 9.78. The van der Waals surface area contributed by atoms with E-state index in [9.17, 15) is 14.7 Å². The van der Waals surface area contributed by atoms with Gasteiger partial charge in [-0.1, -0.05) is 24.4 Å². The lowest BCUT2D eigenvalue weighted by Gasteiger charge is -2.30. The zero-order chi connectivity index (χ0) is 14.3. The number of carbonyl (C=O) groups excluding carboxylic acids is 1. The van der Waals surface area contributed by atoms with Gasteiger partial charge in [0.15, 0.2) is 0 Å². The van der Waals surface area contributed by atoms with Crippen molar-refractivity contribution in [1.82, 2.24) is 0 Å². The van der Waals surface area contributed by atoms with Crippen LogP contribution in [0, 0.1) is 5.92 Å². The van der Waals surface area contributed by atoms with Gasteiger partial charge in [0, 0.05) is 5.92 Å². The van der Waals surface area contributed by atoms with Crippen LogP contribution in [-0.2, 0) is 9.59 Å². The molecule has 0 aromatic rings. The Balaban J connectivity index is 4.90. The number of carboxylic acid groups (broad SMARTS) is 1. The van der Waals surface area contributed by atoms with Crippen molar-refractivity contribution in [1.29, 1.82) is 0 Å². The van der Waals surface area contributed by atoms with E-state index < -0.39 is 17.4 Å². The van der Waals surface area contributed by atoms with Crippen LogP contribution in [-0.4, -0.2) is 32.6 Å². The summed E-state index contributed by atoms with van der Waals surface area (Å²) in [7, 11) is 0. The molecule has 6 heteroatoms. The number of aldehydes is 1. The van der Waals surface area contributed by atoms with Crippen LogP contribution >= 0.6 is 24.4 Å². The molecule has 2 atom stereocenters. The van der Waals surface area contributed by atoms with Crippen LogP contribution in [0.15, 0.2) is 0 Å². The lowest BCUT2D eigenvalue weighted by molar-refractivity contribution is -0.147. The average Bonchev–Trinajstić information content (AvgIpc) is 2.26. The molecule has 3 N–H and O–H groups in total. The summed E-state index contributed by atoms with van der Waals surface area (Å²) < 4.78 is 0. The molecule has 2 unspecified atom stereocenters. The maximum atomic E-state index is 11.3. The molecular formula is C12H19NO3S2. The highest BCUT2D eigenvalue weighted by atomic mass is 32.1. The smallest absolute Gasteiger partial charge is 0.324 e. The van der Waals surface area contributed by atoms with Crippen molar-refractivity contribution in [2.24, 2.45) is 11.7 Å². The Labute approximate surface area is 118 Å². The van der Waals surface area contributed by atoms with E-state index in [1.165, 1.54) is 0 Å². The summed E-state index contributed by atoms with van der Waals surface area (Å²) in [4.78, 5) is 23.8. The van der Waals surface area contributed by atoms with E-state index in [4.69, 9.17) is 30.2 Å². The van der Waals surface area contributed by atoms with Gasteiger partial charge in [0.2, 0.25) is 0 Å². The van der Waals surface area contributed by atoms with Crippen LogP contribution in [0.2, 0.25) is 0 Å². The van der Waals surface area contributed by atoms with E-state index in [0.29, 0.717) is 30.4 Å². The predicted molar refractivity (Wildman–Crippen MR) is 79.1 cm³/mol. The van der Waals surface area contributed by atoms with Gasteiger partial charge >= 0.3 is 5.97 Å². The van der Waals surface area contributed by atoms with Crippen molar-refractivity contribution in [3.8, 4) is 0 Å². The number of hydrogen-bond acceptors (Lipinski definition) is 5. The van der Waals surface area contributed by atoms with Crippen molar-refractivity contribution in [2.45, 2.75) is 45.1 Å². The maximum absolute atomic E-state index is 11.3. The van der Waals surface area contributed by atoms with Crippen molar-refractivity contribution < 1.29 is 14.7 Å². The monoisotopic (exact) mass is 289 g/mol. The number of nitrogens with two attached hydrogens (primary N) is 1. The van der Waals surface area contributed by atoms with E-state index in [0.717, 1.165) is 4.86 Å². The molecule has 0 aliphatic carbocycles. The van der Waals surface area contributed by atoms with Gasteiger partial charge in [-0.05, 0) is 49.3 Å². The minimum atomic E-state index is -1.56. The van der Waals surface area contributed by atoms with Crippen LogP contribution in [0.1, 0.15) is 39.5 Å². The van der Waals surface area contributed by atoms with E-state index in [2.05, 4.69) is 0 Å². The highest BCUT2D eigenvalue weighted by molar-refractivity contribution is 7.80. The first-order valence-electron chi connectivity index (χ1n) is 5.70. The molecular weight excluding hydrogens is 270 g/mol. The molecule has 0 saturated carbocycles. The topological polar surface area (TPSA) is 80.4 Å². The maximum Gasteiger partial charge on any atom is 0.324 e. The van der Waals surface area contributed by atoms with Gasteiger partial charge in [-0.2, -0.15) is 0 Å². The largest absolute Gasteiger partial charge is 0.480 e. The normalized spacial score (nSPS) is 15.5. The summed E-state index contributed by atoms with van der Waals surface area (Å²) in [5, 5.41) is 9.25. The summed E-state index contributed by atoms with van der Waals surface area (Å²) in [6.07, 6.45) is 2.07. The first-order valence-corrected chi connectivity index (χ1v) is 6.52. The summed E-state index contributed by atoms with van der Waals surface area (Å²) in [5.74, 6) is -1.92. The number of aliphatic carboxylic acids is 1. The Kier molecular flexibility index (Phi) is 7.35. The number of carbonyl (C=O) groups is 2. The molecule has 0 saturated heterocycles. The average molecular weight is 289 g/mol. The Morgan fingerprint density at radius 2 is 1.83 bits per heavy atom. The summed E-state index contributed by atoms with van der Waals surface area (Å²) >= 11 is 9.85. The lowest BCUT2D eigenvalue weighted by Crippen LogP contribution is -2.55. The van der Waals surface area contributed by atoms with E-state index in [-0.39, 0.29) is 6.42 Å². The molecule has 0 bridgehead atoms. The highest BCUT2D eigenvalue weighted by Crippen LogP contribution is 2.24. The molecule has 102 valence electrons. The highest BCUT2D eigenvalue weighted by Gasteiger charge is 2.41. The predicted octanol–water partition coefficient (Wildman–Crippen LogP) is 1.92. The molecule has 0 amide bonds. The molecule has 4 nitrogen and oxygen atoms in total.